The van der Waals surface area contributed by atoms with Crippen molar-refractivity contribution < 1.29 is 47.4 Å². The number of esters is 1. The molecule has 1 unspecified atom stereocenters. The monoisotopic (exact) mass is 643 g/mol. The number of aryl methyl sites for hydroxylation is 1. The predicted molar refractivity (Wildman–Crippen MR) is 168 cm³/mol. The van der Waals surface area contributed by atoms with Gasteiger partial charge in [0.25, 0.3) is 0 Å². The van der Waals surface area contributed by atoms with Crippen molar-refractivity contribution in [1.82, 2.24) is 0 Å². The minimum atomic E-state index is -4.66. The zero-order chi connectivity index (χ0) is 32.6. The third-order valence-electron chi connectivity index (χ3n) is 7.56. The van der Waals surface area contributed by atoms with E-state index in [4.69, 9.17) is 34.1 Å². The van der Waals surface area contributed by atoms with Crippen LogP contribution < -0.4 is 10.5 Å². The van der Waals surface area contributed by atoms with Crippen LogP contribution in [0.1, 0.15) is 109 Å². The Labute approximate surface area is 262 Å². The normalized spacial score (nSPS) is 19.2. The fourth-order valence-electron chi connectivity index (χ4n) is 4.81. The van der Waals surface area contributed by atoms with E-state index in [2.05, 4.69) is 39.8 Å². The highest BCUT2D eigenvalue weighted by molar-refractivity contribution is 7.47. The molecule has 44 heavy (non-hydrogen) atoms. The number of carbonyl (C=O) groups is 2. The van der Waals surface area contributed by atoms with Crippen molar-refractivity contribution in [2.24, 2.45) is 5.73 Å². The molecule has 1 aliphatic rings. The van der Waals surface area contributed by atoms with E-state index in [1.54, 1.807) is 0 Å². The molecule has 1 saturated heterocycles. The standard InChI is InChI=1S/C32H54NO10P/c1-5-6-7-8-9-10-11-12-13-19-40-27-16-15-25(32(2,3)4)21-24(27)14-17-30(34)42-29-23-39-20-18-28(29)43-44(37,38)41-22-26(33)31(35)36/h15-16,21,26,28-29H,5-14,17-20,22-23,33H2,1-4H3,(H,35,36)(H,37,38)/t26-,28-,29-/m0/s1. The number of carbonyl (C=O) groups excluding carboxylic acids is 1. The van der Waals surface area contributed by atoms with Crippen LogP contribution in [0.25, 0.3) is 0 Å². The van der Waals surface area contributed by atoms with Gasteiger partial charge in [-0.3, -0.25) is 18.6 Å². The Morgan fingerprint density at radius 1 is 1.07 bits per heavy atom. The van der Waals surface area contributed by atoms with Crippen LogP contribution in [0, 0.1) is 0 Å². The molecule has 1 heterocycles. The van der Waals surface area contributed by atoms with Crippen LogP contribution in [0.4, 0.5) is 0 Å². The molecule has 11 nitrogen and oxygen atoms in total. The Hall–Kier alpha value is -2.01. The molecule has 1 aromatic carbocycles. The first kappa shape index (κ1) is 38.2. The van der Waals surface area contributed by atoms with Crippen LogP contribution >= 0.6 is 7.82 Å². The second kappa shape index (κ2) is 19.5. The van der Waals surface area contributed by atoms with Crippen molar-refractivity contribution in [2.45, 2.75) is 128 Å². The highest BCUT2D eigenvalue weighted by Gasteiger charge is 2.37. The molecule has 0 radical (unpaired) electrons. The number of hydrogen-bond acceptors (Lipinski definition) is 9. The largest absolute Gasteiger partial charge is 0.493 e. The van der Waals surface area contributed by atoms with Gasteiger partial charge in [0.2, 0.25) is 0 Å². The number of unbranched alkanes of at least 4 members (excludes halogenated alkanes) is 8. The summed E-state index contributed by atoms with van der Waals surface area (Å²) in [6, 6.07) is 4.63. The van der Waals surface area contributed by atoms with Crippen molar-refractivity contribution in [3.63, 3.8) is 0 Å². The fraction of sp³-hybridized carbons (Fsp3) is 0.750. The number of carboxylic acid groups (broad SMARTS) is 1. The highest BCUT2D eigenvalue weighted by Crippen LogP contribution is 2.46. The molecule has 1 fully saturated rings. The Balaban J connectivity index is 1.91. The zero-order valence-electron chi connectivity index (χ0n) is 27.0. The Kier molecular flexibility index (Phi) is 16.9. The lowest BCUT2D eigenvalue weighted by atomic mass is 9.85. The predicted octanol–water partition coefficient (Wildman–Crippen LogP) is 6.07. The molecule has 2 rings (SSSR count). The van der Waals surface area contributed by atoms with Crippen molar-refractivity contribution in [3.05, 3.63) is 29.3 Å². The number of benzene rings is 1. The lowest BCUT2D eigenvalue weighted by Crippen LogP contribution is -2.42. The molecule has 0 aliphatic carbocycles. The molecule has 0 aromatic heterocycles. The number of hydrogen-bond donors (Lipinski definition) is 3. The first-order valence-corrected chi connectivity index (χ1v) is 17.5. The molecule has 0 saturated carbocycles. The van der Waals surface area contributed by atoms with Crippen molar-refractivity contribution in [2.75, 3.05) is 26.4 Å². The van der Waals surface area contributed by atoms with E-state index in [0.29, 0.717) is 13.0 Å². The van der Waals surface area contributed by atoms with E-state index in [9.17, 15) is 19.0 Å². The number of rotatable bonds is 21. The lowest BCUT2D eigenvalue weighted by Gasteiger charge is -2.31. The van der Waals surface area contributed by atoms with E-state index in [1.807, 2.05) is 6.07 Å². The fourth-order valence-corrected chi connectivity index (χ4v) is 5.80. The summed E-state index contributed by atoms with van der Waals surface area (Å²) in [5, 5.41) is 8.86. The molecule has 4 atom stereocenters. The van der Waals surface area contributed by atoms with Crippen molar-refractivity contribution in [3.8, 4) is 5.75 Å². The highest BCUT2D eigenvalue weighted by atomic mass is 31.2. The molecule has 4 N–H and O–H groups in total. The van der Waals surface area contributed by atoms with Gasteiger partial charge < -0.3 is 29.9 Å². The number of ether oxygens (including phenoxy) is 3. The van der Waals surface area contributed by atoms with E-state index >= 15 is 0 Å². The Morgan fingerprint density at radius 3 is 2.36 bits per heavy atom. The number of nitrogens with two attached hydrogens (primary N) is 1. The van der Waals surface area contributed by atoms with E-state index in [1.165, 1.54) is 44.9 Å². The summed E-state index contributed by atoms with van der Waals surface area (Å²) in [4.78, 5) is 33.8. The van der Waals surface area contributed by atoms with Gasteiger partial charge in [-0.2, -0.15) is 0 Å². The summed E-state index contributed by atoms with van der Waals surface area (Å²) >= 11 is 0. The molecule has 0 bridgehead atoms. The van der Waals surface area contributed by atoms with Crippen LogP contribution in [0.2, 0.25) is 0 Å². The molecule has 12 heteroatoms. The summed E-state index contributed by atoms with van der Waals surface area (Å²) in [5.41, 5.74) is 7.30. The van der Waals surface area contributed by atoms with Gasteiger partial charge in [0.15, 0.2) is 6.10 Å². The summed E-state index contributed by atoms with van der Waals surface area (Å²) in [6.07, 6.45) is 9.83. The Morgan fingerprint density at radius 2 is 1.73 bits per heavy atom. The Bertz CT molecular complexity index is 1060. The van der Waals surface area contributed by atoms with Crippen molar-refractivity contribution in [1.29, 1.82) is 0 Å². The third-order valence-corrected chi connectivity index (χ3v) is 8.57. The maximum absolute atomic E-state index is 12.9. The topological polar surface area (TPSA) is 164 Å². The SMILES string of the molecule is CCCCCCCCCCCOc1ccc(C(C)(C)C)cc1CCC(=O)O[C@H]1COCC[C@@H]1OP(=O)(O)OC[C@H](N)C(=O)O. The van der Waals surface area contributed by atoms with Gasteiger partial charge in [-0.1, -0.05) is 91.2 Å². The smallest absolute Gasteiger partial charge is 0.472 e. The maximum atomic E-state index is 12.9. The molecule has 1 aromatic rings. The van der Waals surface area contributed by atoms with Crippen LogP contribution in [-0.4, -0.2) is 66.6 Å². The van der Waals surface area contributed by atoms with Crippen LogP contribution in [0.3, 0.4) is 0 Å². The minimum absolute atomic E-state index is 0.0162. The van der Waals surface area contributed by atoms with Gasteiger partial charge in [-0.25, -0.2) is 4.57 Å². The zero-order valence-corrected chi connectivity index (χ0v) is 27.9. The minimum Gasteiger partial charge on any atom is -0.493 e. The quantitative estimate of drug-likeness (QED) is 0.0809. The van der Waals surface area contributed by atoms with E-state index in [-0.39, 0.29) is 31.5 Å². The summed E-state index contributed by atoms with van der Waals surface area (Å²) in [6.45, 7) is 8.73. The van der Waals surface area contributed by atoms with Crippen LogP contribution in [0.5, 0.6) is 5.75 Å². The molecule has 1 aliphatic heterocycles. The van der Waals surface area contributed by atoms with Gasteiger partial charge in [-0.05, 0) is 35.4 Å². The first-order chi connectivity index (χ1) is 20.8. The van der Waals surface area contributed by atoms with E-state index in [0.717, 1.165) is 29.7 Å². The first-order valence-electron chi connectivity index (χ1n) is 16.0. The average Bonchev–Trinajstić information content (AvgIpc) is 2.96. The third kappa shape index (κ3) is 14.8. The summed E-state index contributed by atoms with van der Waals surface area (Å²) < 4.78 is 39.5. The van der Waals surface area contributed by atoms with Gasteiger partial charge in [0.1, 0.15) is 17.9 Å². The van der Waals surface area contributed by atoms with Gasteiger partial charge in [-0.15, -0.1) is 0 Å². The maximum Gasteiger partial charge on any atom is 0.472 e. The van der Waals surface area contributed by atoms with Gasteiger partial charge in [0, 0.05) is 19.4 Å². The molecular weight excluding hydrogens is 589 g/mol. The average molecular weight is 644 g/mol. The van der Waals surface area contributed by atoms with E-state index < -0.39 is 44.6 Å². The summed E-state index contributed by atoms with van der Waals surface area (Å²) in [5.74, 6) is -1.14. The molecule has 0 spiro atoms. The number of phosphoric acid groups is 1. The molecule has 0 amide bonds. The van der Waals surface area contributed by atoms with Crippen molar-refractivity contribution >= 4 is 19.8 Å². The summed E-state index contributed by atoms with van der Waals surface area (Å²) in [7, 11) is -4.66. The lowest BCUT2D eigenvalue weighted by molar-refractivity contribution is -0.166. The van der Waals surface area contributed by atoms with Gasteiger partial charge >= 0.3 is 19.8 Å². The molecule has 252 valence electrons. The number of aliphatic carboxylic acids is 1. The van der Waals surface area contributed by atoms with Gasteiger partial charge in [0.05, 0.1) is 19.8 Å². The number of carboxylic acids is 1. The second-order valence-electron chi connectivity index (χ2n) is 12.5. The van der Waals surface area contributed by atoms with Crippen LogP contribution in [0.15, 0.2) is 18.2 Å². The molecular formula is C32H54NO10P. The second-order valence-corrected chi connectivity index (χ2v) is 13.9. The number of phosphoric ester groups is 1. The van der Waals surface area contributed by atoms with Crippen LogP contribution in [-0.2, 0) is 44.5 Å².